The van der Waals surface area contributed by atoms with Crippen LogP contribution in [0.15, 0.2) is 24.3 Å². The van der Waals surface area contributed by atoms with Gasteiger partial charge in [0.15, 0.2) is 0 Å². The predicted molar refractivity (Wildman–Crippen MR) is 100 cm³/mol. The average Bonchev–Trinajstić information content (AvgIpc) is 2.55. The molecule has 0 aliphatic carbocycles. The zero-order valence-electron chi connectivity index (χ0n) is 14.9. The maximum Gasteiger partial charge on any atom is -0.0279 e. The van der Waals surface area contributed by atoms with Crippen molar-refractivity contribution in [1.82, 2.24) is 0 Å². The maximum absolute atomic E-state index is 3.90. The molecule has 0 aliphatic rings. The Balaban J connectivity index is 2.07. The number of aryl methyl sites for hydroxylation is 2. The molecule has 0 heterocycles. The number of benzene rings is 1. The smallest absolute Gasteiger partial charge is 0.0279 e. The van der Waals surface area contributed by atoms with Crippen molar-refractivity contribution in [2.75, 3.05) is 0 Å². The molecular formula is C22H37. The van der Waals surface area contributed by atoms with Crippen molar-refractivity contribution in [1.29, 1.82) is 0 Å². The van der Waals surface area contributed by atoms with Gasteiger partial charge in [0.2, 0.25) is 0 Å². The Morgan fingerprint density at radius 2 is 1.00 bits per heavy atom. The molecule has 1 aromatic rings. The molecule has 0 amide bonds. The third-order valence-corrected chi connectivity index (χ3v) is 4.56. The Bertz CT molecular complexity index is 301. The van der Waals surface area contributed by atoms with Crippen molar-refractivity contribution >= 4 is 0 Å². The third-order valence-electron chi connectivity index (χ3n) is 4.56. The molecule has 0 spiro atoms. The second-order valence-electron chi connectivity index (χ2n) is 6.71. The summed E-state index contributed by atoms with van der Waals surface area (Å²) in [6, 6.07) is 9.40. The van der Waals surface area contributed by atoms with E-state index < -0.39 is 0 Å². The highest BCUT2D eigenvalue weighted by Crippen LogP contribution is 2.13. The average molecular weight is 302 g/mol. The van der Waals surface area contributed by atoms with Crippen LogP contribution in [0, 0.1) is 6.92 Å². The van der Waals surface area contributed by atoms with Crippen LogP contribution in [-0.2, 0) is 12.8 Å². The summed E-state index contributed by atoms with van der Waals surface area (Å²) in [7, 11) is 0. The van der Waals surface area contributed by atoms with Gasteiger partial charge in [-0.2, -0.15) is 0 Å². The van der Waals surface area contributed by atoms with Gasteiger partial charge in [0.25, 0.3) is 0 Å². The molecule has 1 rings (SSSR count). The van der Waals surface area contributed by atoms with Crippen LogP contribution in [-0.4, -0.2) is 0 Å². The van der Waals surface area contributed by atoms with E-state index in [0.717, 1.165) is 6.42 Å². The van der Waals surface area contributed by atoms with E-state index in [-0.39, 0.29) is 0 Å². The van der Waals surface area contributed by atoms with Crippen molar-refractivity contribution in [2.24, 2.45) is 0 Å². The highest BCUT2D eigenvalue weighted by atomic mass is 14.0. The van der Waals surface area contributed by atoms with Crippen molar-refractivity contribution in [3.63, 3.8) is 0 Å². The normalized spacial score (nSPS) is 11.0. The molecular weight excluding hydrogens is 264 g/mol. The summed E-state index contributed by atoms with van der Waals surface area (Å²) in [5.41, 5.74) is 3.04. The van der Waals surface area contributed by atoms with E-state index in [4.69, 9.17) is 0 Å². The molecule has 22 heavy (non-hydrogen) atoms. The molecule has 0 saturated carbocycles. The molecule has 0 saturated heterocycles. The van der Waals surface area contributed by atoms with Gasteiger partial charge in [-0.25, -0.2) is 0 Å². The second kappa shape index (κ2) is 13.9. The number of unbranched alkanes of at least 4 members (excludes halogenated alkanes) is 10. The zero-order chi connectivity index (χ0) is 15.9. The van der Waals surface area contributed by atoms with Crippen LogP contribution in [0.3, 0.4) is 0 Å². The monoisotopic (exact) mass is 301 g/mol. The molecule has 0 atom stereocenters. The summed E-state index contributed by atoms with van der Waals surface area (Å²) in [6.07, 6.45) is 18.7. The minimum Gasteiger partial charge on any atom is -0.0654 e. The molecule has 0 heteroatoms. The third kappa shape index (κ3) is 10.0. The van der Waals surface area contributed by atoms with E-state index in [9.17, 15) is 0 Å². The van der Waals surface area contributed by atoms with Gasteiger partial charge in [0, 0.05) is 0 Å². The summed E-state index contributed by atoms with van der Waals surface area (Å²) in [5.74, 6) is 0. The fourth-order valence-corrected chi connectivity index (χ4v) is 3.02. The van der Waals surface area contributed by atoms with Crippen LogP contribution in [0.4, 0.5) is 0 Å². The molecule has 0 aliphatic heterocycles. The van der Waals surface area contributed by atoms with Gasteiger partial charge in [-0.15, -0.1) is 0 Å². The molecule has 0 bridgehead atoms. The molecule has 1 radical (unpaired) electrons. The SMILES string of the molecule is [CH2]CCCCCCCc1ccc(CCCCCCCC)cc1. The number of hydrogen-bond acceptors (Lipinski definition) is 0. The second-order valence-corrected chi connectivity index (χ2v) is 6.71. The van der Waals surface area contributed by atoms with Crippen LogP contribution in [0.5, 0.6) is 0 Å². The Kier molecular flexibility index (Phi) is 12.1. The minimum absolute atomic E-state index is 1.10. The first kappa shape index (κ1) is 19.3. The summed E-state index contributed by atoms with van der Waals surface area (Å²) in [5, 5.41) is 0. The Hall–Kier alpha value is -0.780. The van der Waals surface area contributed by atoms with Gasteiger partial charge in [-0.3, -0.25) is 0 Å². The largest absolute Gasteiger partial charge is 0.0654 e. The number of hydrogen-bond donors (Lipinski definition) is 0. The Morgan fingerprint density at radius 3 is 1.45 bits per heavy atom. The maximum atomic E-state index is 3.90. The van der Waals surface area contributed by atoms with Crippen molar-refractivity contribution in [3.8, 4) is 0 Å². The Morgan fingerprint density at radius 1 is 0.591 bits per heavy atom. The summed E-state index contributed by atoms with van der Waals surface area (Å²) < 4.78 is 0. The lowest BCUT2D eigenvalue weighted by molar-refractivity contribution is 0.607. The van der Waals surface area contributed by atoms with Gasteiger partial charge in [-0.05, 0) is 36.8 Å². The van der Waals surface area contributed by atoms with Crippen molar-refractivity contribution in [2.45, 2.75) is 96.8 Å². The van der Waals surface area contributed by atoms with E-state index in [0.29, 0.717) is 0 Å². The fraction of sp³-hybridized carbons (Fsp3) is 0.682. The summed E-state index contributed by atoms with van der Waals surface area (Å²) in [6.45, 7) is 6.18. The zero-order valence-corrected chi connectivity index (χ0v) is 14.9. The first-order valence-electron chi connectivity index (χ1n) is 9.74. The first-order valence-corrected chi connectivity index (χ1v) is 9.74. The highest BCUT2D eigenvalue weighted by molar-refractivity contribution is 5.22. The molecule has 125 valence electrons. The summed E-state index contributed by atoms with van der Waals surface area (Å²) >= 11 is 0. The van der Waals surface area contributed by atoms with E-state index in [1.165, 1.54) is 94.6 Å². The lowest BCUT2D eigenvalue weighted by Gasteiger charge is -2.05. The molecule has 0 fully saturated rings. The molecule has 1 aromatic carbocycles. The van der Waals surface area contributed by atoms with E-state index in [1.54, 1.807) is 0 Å². The molecule has 0 nitrogen and oxygen atoms in total. The topological polar surface area (TPSA) is 0 Å². The van der Waals surface area contributed by atoms with Gasteiger partial charge in [0.1, 0.15) is 0 Å². The Labute approximate surface area is 139 Å². The standard InChI is InChI=1S/C22H37/c1-3-5-7-9-11-13-15-21-17-19-22(20-18-21)16-14-12-10-8-6-4-2/h17-20H,1,3-16H2,2H3. The molecule has 0 unspecified atom stereocenters. The lowest BCUT2D eigenvalue weighted by atomic mass is 10.0. The van der Waals surface area contributed by atoms with Crippen molar-refractivity contribution < 1.29 is 0 Å². The van der Waals surface area contributed by atoms with Crippen LogP contribution < -0.4 is 0 Å². The lowest BCUT2D eigenvalue weighted by Crippen LogP contribution is -1.90. The highest BCUT2D eigenvalue weighted by Gasteiger charge is 1.97. The first-order chi connectivity index (χ1) is 10.9. The van der Waals surface area contributed by atoms with E-state index >= 15 is 0 Å². The van der Waals surface area contributed by atoms with Crippen LogP contribution in [0.1, 0.15) is 95.1 Å². The van der Waals surface area contributed by atoms with Gasteiger partial charge in [-0.1, -0.05) is 102 Å². The van der Waals surface area contributed by atoms with Crippen LogP contribution in [0.2, 0.25) is 0 Å². The molecule has 0 aromatic heterocycles. The van der Waals surface area contributed by atoms with Gasteiger partial charge < -0.3 is 0 Å². The van der Waals surface area contributed by atoms with Crippen LogP contribution >= 0.6 is 0 Å². The number of rotatable bonds is 14. The van der Waals surface area contributed by atoms with Crippen molar-refractivity contribution in [3.05, 3.63) is 42.3 Å². The summed E-state index contributed by atoms with van der Waals surface area (Å²) in [4.78, 5) is 0. The predicted octanol–water partition coefficient (Wildman–Crippen LogP) is 7.31. The molecule has 0 N–H and O–H groups in total. The van der Waals surface area contributed by atoms with Gasteiger partial charge in [0.05, 0.1) is 0 Å². The fourth-order valence-electron chi connectivity index (χ4n) is 3.02. The quantitative estimate of drug-likeness (QED) is 0.316. The minimum atomic E-state index is 1.10. The van der Waals surface area contributed by atoms with E-state index in [1.807, 2.05) is 0 Å². The van der Waals surface area contributed by atoms with Crippen LogP contribution in [0.25, 0.3) is 0 Å². The van der Waals surface area contributed by atoms with E-state index in [2.05, 4.69) is 38.1 Å². The van der Waals surface area contributed by atoms with Gasteiger partial charge >= 0.3 is 0 Å².